The molecular formula is C10H14N6O2. The van der Waals surface area contributed by atoms with Crippen LogP contribution in [0.3, 0.4) is 0 Å². The molecule has 0 saturated carbocycles. The third-order valence-corrected chi connectivity index (χ3v) is 2.56. The van der Waals surface area contributed by atoms with Gasteiger partial charge in [-0.3, -0.25) is 10.1 Å². The summed E-state index contributed by atoms with van der Waals surface area (Å²) in [7, 11) is 0. The van der Waals surface area contributed by atoms with Crippen LogP contribution in [0, 0.1) is 17.0 Å². The lowest BCUT2D eigenvalue weighted by molar-refractivity contribution is -0.384. The number of nitrogens with one attached hydrogen (secondary N) is 2. The zero-order valence-corrected chi connectivity index (χ0v) is 10.2. The molecular weight excluding hydrogens is 236 g/mol. The molecule has 0 atom stereocenters. The molecule has 0 aliphatic heterocycles. The number of aromatic nitrogens is 4. The van der Waals surface area contributed by atoms with Crippen LogP contribution in [0.15, 0.2) is 12.4 Å². The van der Waals surface area contributed by atoms with Crippen LogP contribution in [-0.2, 0) is 13.1 Å². The van der Waals surface area contributed by atoms with Gasteiger partial charge in [0, 0.05) is 18.9 Å². The number of imidazole rings is 1. The lowest BCUT2D eigenvalue weighted by atomic mass is 10.4. The SMILES string of the molecule is CCn1nc(C)c([N+](=O)[O-])c1NCc1ncc[nH]1. The molecule has 0 aliphatic rings. The van der Waals surface area contributed by atoms with E-state index in [-0.39, 0.29) is 5.69 Å². The summed E-state index contributed by atoms with van der Waals surface area (Å²) in [5.41, 5.74) is 0.423. The number of nitro groups is 1. The van der Waals surface area contributed by atoms with Crippen LogP contribution in [0.5, 0.6) is 0 Å². The van der Waals surface area contributed by atoms with Gasteiger partial charge < -0.3 is 10.3 Å². The van der Waals surface area contributed by atoms with E-state index in [0.29, 0.717) is 30.4 Å². The third kappa shape index (κ3) is 2.17. The Balaban J connectivity index is 2.27. The van der Waals surface area contributed by atoms with E-state index < -0.39 is 4.92 Å². The lowest BCUT2D eigenvalue weighted by Gasteiger charge is -2.05. The number of hydrogen-bond donors (Lipinski definition) is 2. The second-order valence-electron chi connectivity index (χ2n) is 3.74. The summed E-state index contributed by atoms with van der Waals surface area (Å²) >= 11 is 0. The summed E-state index contributed by atoms with van der Waals surface area (Å²) in [6.45, 7) is 4.46. The number of anilines is 1. The highest BCUT2D eigenvalue weighted by atomic mass is 16.6. The van der Waals surface area contributed by atoms with E-state index in [0.717, 1.165) is 0 Å². The van der Waals surface area contributed by atoms with Gasteiger partial charge in [-0.25, -0.2) is 9.67 Å². The van der Waals surface area contributed by atoms with Crippen LogP contribution in [0.2, 0.25) is 0 Å². The molecule has 2 aromatic rings. The Morgan fingerprint density at radius 1 is 1.61 bits per heavy atom. The smallest absolute Gasteiger partial charge is 0.333 e. The highest BCUT2D eigenvalue weighted by Gasteiger charge is 2.24. The van der Waals surface area contributed by atoms with Crippen molar-refractivity contribution in [2.75, 3.05) is 5.32 Å². The van der Waals surface area contributed by atoms with E-state index in [9.17, 15) is 10.1 Å². The number of aryl methyl sites for hydroxylation is 2. The molecule has 0 amide bonds. The summed E-state index contributed by atoms with van der Waals surface area (Å²) in [6.07, 6.45) is 3.33. The molecule has 18 heavy (non-hydrogen) atoms. The number of aromatic amines is 1. The van der Waals surface area contributed by atoms with Crippen molar-refractivity contribution in [3.05, 3.63) is 34.0 Å². The molecule has 0 spiro atoms. The van der Waals surface area contributed by atoms with Crippen LogP contribution < -0.4 is 5.32 Å². The van der Waals surface area contributed by atoms with E-state index in [1.165, 1.54) is 0 Å². The second kappa shape index (κ2) is 4.86. The molecule has 2 N–H and O–H groups in total. The Kier molecular flexibility index (Phi) is 3.26. The minimum atomic E-state index is -0.418. The van der Waals surface area contributed by atoms with Crippen molar-refractivity contribution in [2.24, 2.45) is 0 Å². The summed E-state index contributed by atoms with van der Waals surface area (Å²) in [5.74, 6) is 1.13. The molecule has 0 unspecified atom stereocenters. The fraction of sp³-hybridized carbons (Fsp3) is 0.400. The molecule has 2 heterocycles. The first-order valence-electron chi connectivity index (χ1n) is 5.57. The van der Waals surface area contributed by atoms with E-state index in [1.54, 1.807) is 24.0 Å². The minimum Gasteiger partial charge on any atom is -0.357 e. The Labute approximate surface area is 103 Å². The fourth-order valence-corrected chi connectivity index (χ4v) is 1.76. The van der Waals surface area contributed by atoms with Crippen molar-refractivity contribution in [1.82, 2.24) is 19.7 Å². The molecule has 96 valence electrons. The number of hydrogen-bond acceptors (Lipinski definition) is 5. The monoisotopic (exact) mass is 250 g/mol. The first-order valence-corrected chi connectivity index (χ1v) is 5.57. The van der Waals surface area contributed by atoms with E-state index in [1.807, 2.05) is 6.92 Å². The van der Waals surface area contributed by atoms with Crippen LogP contribution in [0.25, 0.3) is 0 Å². The molecule has 2 aromatic heterocycles. The largest absolute Gasteiger partial charge is 0.357 e. The van der Waals surface area contributed by atoms with Crippen molar-refractivity contribution >= 4 is 11.5 Å². The number of rotatable bonds is 5. The maximum Gasteiger partial charge on any atom is 0.333 e. The van der Waals surface area contributed by atoms with Gasteiger partial charge in [0.1, 0.15) is 11.5 Å². The molecule has 0 saturated heterocycles. The van der Waals surface area contributed by atoms with Gasteiger partial charge in [-0.15, -0.1) is 0 Å². The Morgan fingerprint density at radius 3 is 2.94 bits per heavy atom. The highest BCUT2D eigenvalue weighted by Crippen LogP contribution is 2.28. The predicted octanol–water partition coefficient (Wildman–Crippen LogP) is 1.45. The molecule has 8 nitrogen and oxygen atoms in total. The molecule has 0 fully saturated rings. The van der Waals surface area contributed by atoms with Crippen molar-refractivity contribution < 1.29 is 4.92 Å². The van der Waals surface area contributed by atoms with Gasteiger partial charge in [0.25, 0.3) is 0 Å². The van der Waals surface area contributed by atoms with E-state index in [4.69, 9.17) is 0 Å². The van der Waals surface area contributed by atoms with Crippen molar-refractivity contribution in [1.29, 1.82) is 0 Å². The Hall–Kier alpha value is -2.38. The summed E-state index contributed by atoms with van der Waals surface area (Å²) in [6, 6.07) is 0. The molecule has 8 heteroatoms. The van der Waals surface area contributed by atoms with Crippen molar-refractivity contribution in [3.8, 4) is 0 Å². The van der Waals surface area contributed by atoms with Gasteiger partial charge in [-0.05, 0) is 13.8 Å². The summed E-state index contributed by atoms with van der Waals surface area (Å²) < 4.78 is 1.58. The average Bonchev–Trinajstić information content (AvgIpc) is 2.92. The fourth-order valence-electron chi connectivity index (χ4n) is 1.76. The van der Waals surface area contributed by atoms with Crippen molar-refractivity contribution in [3.63, 3.8) is 0 Å². The zero-order chi connectivity index (χ0) is 13.1. The summed E-state index contributed by atoms with van der Waals surface area (Å²) in [4.78, 5) is 17.6. The standard InChI is InChI=1S/C10H14N6O2/c1-3-15-10(9(16(17)18)7(2)14-15)13-6-8-11-4-5-12-8/h4-5,13H,3,6H2,1-2H3,(H,11,12). The van der Waals surface area contributed by atoms with Crippen LogP contribution in [0.1, 0.15) is 18.4 Å². The van der Waals surface area contributed by atoms with Crippen LogP contribution in [-0.4, -0.2) is 24.7 Å². The first kappa shape index (κ1) is 12.1. The maximum atomic E-state index is 11.0. The third-order valence-electron chi connectivity index (χ3n) is 2.56. The normalized spacial score (nSPS) is 10.6. The quantitative estimate of drug-likeness (QED) is 0.617. The molecule has 0 radical (unpaired) electrons. The molecule has 2 rings (SSSR count). The Morgan fingerprint density at radius 2 is 2.39 bits per heavy atom. The summed E-state index contributed by atoms with van der Waals surface area (Å²) in [5, 5.41) is 18.2. The second-order valence-corrected chi connectivity index (χ2v) is 3.74. The zero-order valence-electron chi connectivity index (χ0n) is 10.2. The minimum absolute atomic E-state index is 0.0170. The Bertz CT molecular complexity index is 545. The maximum absolute atomic E-state index is 11.0. The van der Waals surface area contributed by atoms with E-state index >= 15 is 0 Å². The van der Waals surface area contributed by atoms with E-state index in [2.05, 4.69) is 20.4 Å². The van der Waals surface area contributed by atoms with Crippen LogP contribution in [0.4, 0.5) is 11.5 Å². The first-order chi connectivity index (χ1) is 8.63. The number of H-pyrrole nitrogens is 1. The van der Waals surface area contributed by atoms with Gasteiger partial charge in [0.05, 0.1) is 11.5 Å². The van der Waals surface area contributed by atoms with Gasteiger partial charge >= 0.3 is 5.69 Å². The molecule has 0 aromatic carbocycles. The molecule has 0 bridgehead atoms. The van der Waals surface area contributed by atoms with Gasteiger partial charge in [0.2, 0.25) is 5.82 Å². The lowest BCUT2D eigenvalue weighted by Crippen LogP contribution is -2.09. The topological polar surface area (TPSA) is 102 Å². The predicted molar refractivity (Wildman–Crippen MR) is 65.2 cm³/mol. The van der Waals surface area contributed by atoms with Crippen LogP contribution >= 0.6 is 0 Å². The average molecular weight is 250 g/mol. The van der Waals surface area contributed by atoms with Gasteiger partial charge in [-0.1, -0.05) is 0 Å². The highest BCUT2D eigenvalue weighted by molar-refractivity contribution is 5.59. The molecule has 0 aliphatic carbocycles. The van der Waals surface area contributed by atoms with Gasteiger partial charge in [0.15, 0.2) is 0 Å². The van der Waals surface area contributed by atoms with Crippen molar-refractivity contribution in [2.45, 2.75) is 26.9 Å². The van der Waals surface area contributed by atoms with Gasteiger partial charge in [-0.2, -0.15) is 5.10 Å². The number of nitrogens with zero attached hydrogens (tertiary/aromatic N) is 4.